The van der Waals surface area contributed by atoms with Crippen LogP contribution in [-0.2, 0) is 18.5 Å². The number of carbonyl (C=O) groups excluding carboxylic acids is 1. The van der Waals surface area contributed by atoms with E-state index in [2.05, 4.69) is 15.4 Å². The van der Waals surface area contributed by atoms with Gasteiger partial charge in [-0.05, 0) is 34.6 Å². The molecule has 1 aliphatic rings. The van der Waals surface area contributed by atoms with Crippen molar-refractivity contribution in [3.05, 3.63) is 16.0 Å². The van der Waals surface area contributed by atoms with Crippen molar-refractivity contribution in [2.45, 2.75) is 78.0 Å². The van der Waals surface area contributed by atoms with Crippen LogP contribution in [0.15, 0.2) is 4.79 Å². The molecule has 204 valence electrons. The van der Waals surface area contributed by atoms with Gasteiger partial charge in [-0.2, -0.15) is 9.94 Å². The maximum Gasteiger partial charge on any atom is 0.361 e. The average Bonchev–Trinajstić information content (AvgIpc) is 3.40. The average molecular weight is 542 g/mol. The number of aromatic nitrogens is 5. The number of carbonyl (C=O) groups is 1. The fourth-order valence-corrected chi connectivity index (χ4v) is 5.74. The minimum Gasteiger partial charge on any atom is -0.461 e. The molecule has 1 fully saturated rings. The van der Waals surface area contributed by atoms with E-state index in [0.29, 0.717) is 0 Å². The topological polar surface area (TPSA) is 187 Å². The highest BCUT2D eigenvalue weighted by Gasteiger charge is 2.42. The molecule has 4 atom stereocenters. The Morgan fingerprint density at radius 2 is 2.05 bits per heavy atom. The molecule has 0 aliphatic carbocycles. The second-order valence-corrected chi connectivity index (χ2v) is 10.1. The molecule has 3 heterocycles. The number of rotatable bonds is 12. The summed E-state index contributed by atoms with van der Waals surface area (Å²) >= 11 is 0. The van der Waals surface area contributed by atoms with Gasteiger partial charge in [-0.1, -0.05) is 10.1 Å². The van der Waals surface area contributed by atoms with E-state index in [1.165, 1.54) is 0 Å². The number of aliphatic hydroxyl groups excluding tert-OH is 1. The second kappa shape index (κ2) is 12.7. The van der Waals surface area contributed by atoms with Crippen molar-refractivity contribution in [3.63, 3.8) is 0 Å². The fourth-order valence-electron chi connectivity index (χ4n) is 3.98. The minimum absolute atomic E-state index is 0.0632. The minimum atomic E-state index is -1.63. The van der Waals surface area contributed by atoms with Gasteiger partial charge in [0.05, 0.1) is 38.4 Å². The highest BCUT2D eigenvalue weighted by atomic mass is 31.2. The van der Waals surface area contributed by atoms with E-state index >= 15 is 0 Å². The van der Waals surface area contributed by atoms with Crippen molar-refractivity contribution >= 4 is 25.5 Å². The normalized spacial score (nSPS) is 20.7. The summed E-state index contributed by atoms with van der Waals surface area (Å²) in [5.74, 6) is -0.859. The summed E-state index contributed by atoms with van der Waals surface area (Å²) in [5, 5.41) is 40.5. The lowest BCUT2D eigenvalue weighted by Gasteiger charge is -2.37. The first-order valence-corrected chi connectivity index (χ1v) is 13.0. The van der Waals surface area contributed by atoms with Gasteiger partial charge >= 0.3 is 11.5 Å². The van der Waals surface area contributed by atoms with E-state index in [0.717, 1.165) is 4.68 Å². The molecule has 3 unspecified atom stereocenters. The molecular weight excluding hydrogens is 509 g/mol. The van der Waals surface area contributed by atoms with Gasteiger partial charge in [0.25, 0.3) is 8.53 Å². The Labute approximate surface area is 214 Å². The first-order valence-electron chi connectivity index (χ1n) is 11.9. The SMILES string of the molecule is CCOC(=O)c1nn(O)c2c(=O)n([C@@H]3CC(OP(OCCC#N)N(C(C)C)C(C)C)C(CO)O3)nnc12. The van der Waals surface area contributed by atoms with Crippen molar-refractivity contribution in [1.29, 1.82) is 5.26 Å². The molecule has 0 amide bonds. The number of hydrogen-bond donors (Lipinski definition) is 2. The fraction of sp³-hybridized carbons (Fsp3) is 0.714. The third kappa shape index (κ3) is 6.23. The van der Waals surface area contributed by atoms with Crippen LogP contribution in [0.4, 0.5) is 0 Å². The van der Waals surface area contributed by atoms with Crippen LogP contribution >= 0.6 is 8.53 Å². The van der Waals surface area contributed by atoms with Crippen LogP contribution in [0.2, 0.25) is 0 Å². The van der Waals surface area contributed by atoms with Crippen LogP contribution in [0.5, 0.6) is 0 Å². The van der Waals surface area contributed by atoms with Gasteiger partial charge in [-0.3, -0.25) is 4.79 Å². The molecule has 16 heteroatoms. The number of ether oxygens (including phenoxy) is 2. The van der Waals surface area contributed by atoms with E-state index < -0.39 is 45.1 Å². The first-order chi connectivity index (χ1) is 17.6. The van der Waals surface area contributed by atoms with Crippen LogP contribution in [0.1, 0.15) is 64.2 Å². The monoisotopic (exact) mass is 541 g/mol. The Bertz CT molecular complexity index is 1170. The standard InChI is InChI=1S/C21H32N7O8P/c1-6-33-21(31)18-17-19(28(32)24-18)20(30)26(25-23-17)16-10-14(15(11-29)35-16)36-37(34-9-7-8-22)27(12(2)3)13(4)5/h12-16,29,32H,6-7,9-11H2,1-5H3/t14?,15?,16-,37?/m0/s1. The number of nitrogens with zero attached hydrogens (tertiary/aromatic N) is 7. The van der Waals surface area contributed by atoms with Gasteiger partial charge in [-0.25, -0.2) is 9.46 Å². The number of aliphatic hydroxyl groups is 1. The van der Waals surface area contributed by atoms with Crippen LogP contribution in [0, 0.1) is 11.3 Å². The molecule has 15 nitrogen and oxygen atoms in total. The smallest absolute Gasteiger partial charge is 0.361 e. The molecule has 0 spiro atoms. The van der Waals surface area contributed by atoms with E-state index in [1.54, 1.807) is 6.92 Å². The van der Waals surface area contributed by atoms with Crippen molar-refractivity contribution in [2.24, 2.45) is 0 Å². The molecule has 1 aliphatic heterocycles. The molecule has 2 N–H and O–H groups in total. The zero-order chi connectivity index (χ0) is 27.3. The van der Waals surface area contributed by atoms with Crippen LogP contribution in [0.3, 0.4) is 0 Å². The quantitative estimate of drug-likeness (QED) is 0.170. The predicted molar refractivity (Wildman–Crippen MR) is 128 cm³/mol. The first kappa shape index (κ1) is 28.8. The van der Waals surface area contributed by atoms with Crippen molar-refractivity contribution in [2.75, 3.05) is 19.8 Å². The molecule has 2 aromatic heterocycles. The number of esters is 1. The highest BCUT2D eigenvalue weighted by molar-refractivity contribution is 7.44. The molecule has 0 aromatic carbocycles. The zero-order valence-electron chi connectivity index (χ0n) is 21.3. The molecule has 37 heavy (non-hydrogen) atoms. The third-order valence-corrected chi connectivity index (χ3v) is 7.64. The summed E-state index contributed by atoms with van der Waals surface area (Å²) in [6, 6.07) is 2.17. The lowest BCUT2D eigenvalue weighted by molar-refractivity contribution is -0.0489. The summed E-state index contributed by atoms with van der Waals surface area (Å²) in [5.41, 5.74) is -1.75. The molecule has 0 saturated carbocycles. The van der Waals surface area contributed by atoms with Crippen molar-refractivity contribution < 1.29 is 33.6 Å². The Morgan fingerprint density at radius 1 is 1.35 bits per heavy atom. The lowest BCUT2D eigenvalue weighted by atomic mass is 10.2. The van der Waals surface area contributed by atoms with Crippen LogP contribution in [0.25, 0.3) is 11.0 Å². The molecular formula is C21H32N7O8P. The van der Waals surface area contributed by atoms with Crippen molar-refractivity contribution in [1.82, 2.24) is 29.6 Å². The molecule has 2 aromatic rings. The summed E-state index contributed by atoms with van der Waals surface area (Å²) < 4.78 is 25.9. The maximum absolute atomic E-state index is 13.2. The van der Waals surface area contributed by atoms with Gasteiger partial charge in [0, 0.05) is 18.5 Å². The third-order valence-electron chi connectivity index (χ3n) is 5.48. The summed E-state index contributed by atoms with van der Waals surface area (Å²) in [6.45, 7) is 9.42. The number of nitriles is 1. The molecule has 1 saturated heterocycles. The predicted octanol–water partition coefficient (Wildman–Crippen LogP) is 1.34. The largest absolute Gasteiger partial charge is 0.461 e. The highest BCUT2D eigenvalue weighted by Crippen LogP contribution is 2.49. The van der Waals surface area contributed by atoms with Gasteiger partial charge < -0.3 is 28.8 Å². The number of hydrogen-bond acceptors (Lipinski definition) is 13. The molecule has 0 bridgehead atoms. The molecule has 3 rings (SSSR count). The van der Waals surface area contributed by atoms with Gasteiger partial charge in [0.15, 0.2) is 17.3 Å². The summed E-state index contributed by atoms with van der Waals surface area (Å²) in [6.07, 6.45) is -2.18. The maximum atomic E-state index is 13.2. The Balaban J connectivity index is 1.89. The Morgan fingerprint density at radius 3 is 2.65 bits per heavy atom. The van der Waals surface area contributed by atoms with E-state index in [9.17, 15) is 19.9 Å². The lowest BCUT2D eigenvalue weighted by Crippen LogP contribution is -2.36. The van der Waals surface area contributed by atoms with Gasteiger partial charge in [0.2, 0.25) is 5.69 Å². The zero-order valence-corrected chi connectivity index (χ0v) is 22.2. The van der Waals surface area contributed by atoms with Crippen molar-refractivity contribution in [3.8, 4) is 6.07 Å². The van der Waals surface area contributed by atoms with E-state index in [-0.39, 0.29) is 59.7 Å². The van der Waals surface area contributed by atoms with E-state index in [4.69, 9.17) is 23.8 Å². The summed E-state index contributed by atoms with van der Waals surface area (Å²) in [4.78, 5) is 25.5. The summed E-state index contributed by atoms with van der Waals surface area (Å²) in [7, 11) is -1.63. The van der Waals surface area contributed by atoms with Gasteiger partial charge in [-0.15, -0.1) is 10.2 Å². The van der Waals surface area contributed by atoms with Crippen LogP contribution in [-0.4, -0.2) is 90.0 Å². The Kier molecular flexibility index (Phi) is 9.88. The van der Waals surface area contributed by atoms with Crippen LogP contribution < -0.4 is 5.56 Å². The van der Waals surface area contributed by atoms with E-state index in [1.807, 2.05) is 38.4 Å². The van der Waals surface area contributed by atoms with Gasteiger partial charge in [0.1, 0.15) is 6.10 Å². The number of fused-ring (bicyclic) bond motifs is 1. The second-order valence-electron chi connectivity index (χ2n) is 8.73. The molecule has 0 radical (unpaired) electrons. The Hall–Kier alpha value is -2.73.